The molecule has 0 fully saturated rings. The van der Waals surface area contributed by atoms with Gasteiger partial charge in [0.1, 0.15) is 5.75 Å². The van der Waals surface area contributed by atoms with Crippen molar-refractivity contribution in [2.75, 3.05) is 12.0 Å². The third kappa shape index (κ3) is 4.76. The summed E-state index contributed by atoms with van der Waals surface area (Å²) in [5.74, 6) is 0.429. The maximum Gasteiger partial charge on any atom is 0.324 e. The molecule has 1 amide bonds. The topological polar surface area (TPSA) is 98.5 Å². The van der Waals surface area contributed by atoms with Gasteiger partial charge in [0.2, 0.25) is 0 Å². The molecule has 0 bridgehead atoms. The number of thiophene rings is 1. The molecule has 10 heteroatoms. The first-order valence-electron chi connectivity index (χ1n) is 9.11. The molecule has 31 heavy (non-hydrogen) atoms. The van der Waals surface area contributed by atoms with Crippen molar-refractivity contribution in [3.05, 3.63) is 81.5 Å². The fourth-order valence-corrected chi connectivity index (χ4v) is 4.55. The van der Waals surface area contributed by atoms with Crippen LogP contribution in [-0.4, -0.2) is 27.9 Å². The Kier molecular flexibility index (Phi) is 6.01. The molecule has 0 spiro atoms. The highest BCUT2D eigenvalue weighted by Gasteiger charge is 2.19. The molecular weight excluding hydrogens is 436 g/mol. The zero-order valence-electron chi connectivity index (χ0n) is 16.3. The number of amides is 1. The number of hydrogen-bond acceptors (Lipinski definition) is 8. The van der Waals surface area contributed by atoms with E-state index in [0.717, 1.165) is 27.1 Å². The van der Waals surface area contributed by atoms with E-state index in [-0.39, 0.29) is 10.9 Å². The summed E-state index contributed by atoms with van der Waals surface area (Å²) in [6, 6.07) is 12.3. The molecule has 0 atom stereocenters. The molecule has 0 unspecified atom stereocenters. The molecule has 0 radical (unpaired) electrons. The molecule has 156 valence electrons. The molecule has 4 aromatic rings. The predicted octanol–water partition coefficient (Wildman–Crippen LogP) is 4.92. The summed E-state index contributed by atoms with van der Waals surface area (Å²) in [6.45, 7) is 0.290. The summed E-state index contributed by atoms with van der Waals surface area (Å²) >= 11 is 2.39. The number of ether oxygens (including phenoxy) is 1. The highest BCUT2D eigenvalue weighted by molar-refractivity contribution is 7.22. The highest BCUT2D eigenvalue weighted by atomic mass is 32.1. The number of fused-ring (bicyclic) bond motifs is 1. The predicted molar refractivity (Wildman–Crippen MR) is 122 cm³/mol. The van der Waals surface area contributed by atoms with Gasteiger partial charge in [-0.2, -0.15) is 0 Å². The van der Waals surface area contributed by atoms with E-state index < -0.39 is 4.92 Å². The smallest absolute Gasteiger partial charge is 0.324 e. The van der Waals surface area contributed by atoms with Gasteiger partial charge in [0.15, 0.2) is 5.13 Å². The zero-order chi connectivity index (χ0) is 21.8. The third-order valence-electron chi connectivity index (χ3n) is 4.33. The number of carbonyl (C=O) groups excluding carboxylic acids is 1. The van der Waals surface area contributed by atoms with Gasteiger partial charge in [-0.1, -0.05) is 28.7 Å². The molecule has 3 aromatic heterocycles. The minimum atomic E-state index is -0.450. The SMILES string of the molecule is COc1ccc2nc(N(Cc3cccnc3)C(=O)/C=C/c3ccc([N+](=O)[O-])s3)sc2c1. The van der Waals surface area contributed by atoms with E-state index in [2.05, 4.69) is 9.97 Å². The van der Waals surface area contributed by atoms with Crippen molar-refractivity contribution in [3.63, 3.8) is 0 Å². The number of aromatic nitrogens is 2. The average Bonchev–Trinajstić information content (AvgIpc) is 3.43. The third-order valence-corrected chi connectivity index (χ3v) is 6.37. The summed E-state index contributed by atoms with van der Waals surface area (Å²) in [4.78, 5) is 34.4. The van der Waals surface area contributed by atoms with Gasteiger partial charge in [0, 0.05) is 29.4 Å². The van der Waals surface area contributed by atoms with Crippen molar-refractivity contribution < 1.29 is 14.5 Å². The summed E-state index contributed by atoms with van der Waals surface area (Å²) < 4.78 is 6.17. The van der Waals surface area contributed by atoms with Gasteiger partial charge in [-0.3, -0.25) is 24.8 Å². The van der Waals surface area contributed by atoms with Gasteiger partial charge in [0.05, 0.1) is 28.8 Å². The van der Waals surface area contributed by atoms with Gasteiger partial charge in [0.25, 0.3) is 5.91 Å². The van der Waals surface area contributed by atoms with Crippen molar-refractivity contribution in [1.82, 2.24) is 9.97 Å². The van der Waals surface area contributed by atoms with Crippen LogP contribution in [-0.2, 0) is 11.3 Å². The lowest BCUT2D eigenvalue weighted by atomic mass is 10.2. The second-order valence-corrected chi connectivity index (χ2v) is 8.49. The van der Waals surface area contributed by atoms with E-state index in [4.69, 9.17) is 4.74 Å². The van der Waals surface area contributed by atoms with Gasteiger partial charge in [-0.05, 0) is 42.0 Å². The summed E-state index contributed by atoms with van der Waals surface area (Å²) in [5.41, 5.74) is 1.62. The Morgan fingerprint density at radius 1 is 1.26 bits per heavy atom. The molecule has 0 aliphatic heterocycles. The highest BCUT2D eigenvalue weighted by Crippen LogP contribution is 2.32. The van der Waals surface area contributed by atoms with E-state index in [0.29, 0.717) is 22.3 Å². The standard InChI is InChI=1S/C21H16N4O4S2/c1-29-15-4-7-17-18(11-15)31-21(23-17)24(13-14-3-2-10-22-12-14)19(26)8-5-16-6-9-20(30-16)25(27)28/h2-12H,13H2,1H3/b8-5+. The molecule has 3 heterocycles. The van der Waals surface area contributed by atoms with Crippen molar-refractivity contribution in [2.45, 2.75) is 6.54 Å². The number of benzene rings is 1. The largest absolute Gasteiger partial charge is 0.497 e. The Morgan fingerprint density at radius 2 is 2.13 bits per heavy atom. The Hall–Kier alpha value is -3.63. The fraction of sp³-hybridized carbons (Fsp3) is 0.0952. The van der Waals surface area contributed by atoms with E-state index in [1.165, 1.54) is 23.5 Å². The number of methoxy groups -OCH3 is 1. The monoisotopic (exact) mass is 452 g/mol. The number of nitrogens with zero attached hydrogens (tertiary/aromatic N) is 4. The van der Waals surface area contributed by atoms with Gasteiger partial charge < -0.3 is 4.74 Å². The molecule has 0 saturated heterocycles. The summed E-state index contributed by atoms with van der Waals surface area (Å²) in [7, 11) is 1.60. The van der Waals surface area contributed by atoms with Crippen molar-refractivity contribution >= 4 is 55.0 Å². The number of thiazole rings is 1. The van der Waals surface area contributed by atoms with Gasteiger partial charge in [-0.15, -0.1) is 0 Å². The van der Waals surface area contributed by atoms with Crippen LogP contribution >= 0.6 is 22.7 Å². The number of hydrogen-bond donors (Lipinski definition) is 0. The first-order valence-corrected chi connectivity index (χ1v) is 10.7. The Labute approximate surface area is 185 Å². The van der Waals surface area contributed by atoms with Crippen LogP contribution in [0.25, 0.3) is 16.3 Å². The second kappa shape index (κ2) is 9.02. The Bertz CT molecular complexity index is 1270. The molecule has 0 saturated carbocycles. The number of nitro groups is 1. The number of anilines is 1. The fourth-order valence-electron chi connectivity index (χ4n) is 2.82. The lowest BCUT2D eigenvalue weighted by Gasteiger charge is -2.18. The molecule has 0 aliphatic rings. The lowest BCUT2D eigenvalue weighted by Crippen LogP contribution is -2.28. The van der Waals surface area contributed by atoms with Crippen molar-refractivity contribution in [1.29, 1.82) is 0 Å². The summed E-state index contributed by atoms with van der Waals surface area (Å²) in [5, 5.41) is 11.4. The number of rotatable bonds is 7. The van der Waals surface area contributed by atoms with Crippen LogP contribution < -0.4 is 9.64 Å². The Morgan fingerprint density at radius 3 is 2.84 bits per heavy atom. The van der Waals surface area contributed by atoms with Gasteiger partial charge >= 0.3 is 5.00 Å². The van der Waals surface area contributed by atoms with Crippen LogP contribution in [0.2, 0.25) is 0 Å². The second-order valence-electron chi connectivity index (χ2n) is 6.38. The van der Waals surface area contributed by atoms with E-state index in [1.54, 1.807) is 36.5 Å². The average molecular weight is 453 g/mol. The van der Waals surface area contributed by atoms with Crippen LogP contribution in [0, 0.1) is 10.1 Å². The molecule has 1 aromatic carbocycles. The zero-order valence-corrected chi connectivity index (χ0v) is 17.9. The number of carbonyl (C=O) groups is 1. The van der Waals surface area contributed by atoms with Gasteiger partial charge in [-0.25, -0.2) is 4.98 Å². The van der Waals surface area contributed by atoms with Crippen molar-refractivity contribution in [2.24, 2.45) is 0 Å². The molecular formula is C21H16N4O4S2. The first kappa shape index (κ1) is 20.6. The summed E-state index contributed by atoms with van der Waals surface area (Å²) in [6.07, 6.45) is 6.34. The molecule has 8 nitrogen and oxygen atoms in total. The molecule has 0 aliphatic carbocycles. The van der Waals surface area contributed by atoms with Crippen molar-refractivity contribution in [3.8, 4) is 5.75 Å². The van der Waals surface area contributed by atoms with E-state index >= 15 is 0 Å². The van der Waals surface area contributed by atoms with Crippen LogP contribution in [0.4, 0.5) is 10.1 Å². The van der Waals surface area contributed by atoms with Crippen LogP contribution in [0.15, 0.2) is 60.9 Å². The molecule has 0 N–H and O–H groups in total. The Balaban J connectivity index is 1.65. The minimum Gasteiger partial charge on any atom is -0.497 e. The minimum absolute atomic E-state index is 0.0273. The maximum absolute atomic E-state index is 13.1. The van der Waals surface area contributed by atoms with Crippen LogP contribution in [0.1, 0.15) is 10.4 Å². The van der Waals surface area contributed by atoms with Crippen LogP contribution in [0.3, 0.4) is 0 Å². The van der Waals surface area contributed by atoms with Crippen LogP contribution in [0.5, 0.6) is 5.75 Å². The van der Waals surface area contributed by atoms with E-state index in [9.17, 15) is 14.9 Å². The lowest BCUT2D eigenvalue weighted by molar-refractivity contribution is -0.380. The first-order chi connectivity index (χ1) is 15.0. The quantitative estimate of drug-likeness (QED) is 0.224. The maximum atomic E-state index is 13.1. The normalized spacial score (nSPS) is 11.1. The number of pyridine rings is 1. The van der Waals surface area contributed by atoms with E-state index in [1.807, 2.05) is 30.3 Å². The molecule has 4 rings (SSSR count).